The molecule has 0 bridgehead atoms. The topological polar surface area (TPSA) is 131 Å². The molecule has 8 heterocycles. The predicted octanol–water partition coefficient (Wildman–Crippen LogP) is 8.23. The number of aromatic nitrogens is 6. The fourth-order valence-corrected chi connectivity index (χ4v) is 11.0. The van der Waals surface area contributed by atoms with E-state index < -0.39 is 0 Å². The molecular formula is C45H51N9O4S2. The number of ether oxygens (including phenoxy) is 2. The van der Waals surface area contributed by atoms with Gasteiger partial charge >= 0.3 is 0 Å². The lowest BCUT2D eigenvalue weighted by atomic mass is 10.1. The lowest BCUT2D eigenvalue weighted by Crippen LogP contribution is -2.31. The van der Waals surface area contributed by atoms with Crippen LogP contribution in [-0.2, 0) is 27.2 Å². The standard InChI is InChI=1S/C23H26N4O2S.C22H25N5O2S/c1-5-27-18(11-15-7-9-30-23(15)27)21-24-17-10-16(12-19(29-4)20(17)25(21)3)22(28)26-8-6-14(2)13-26;1-4-27-17(10-13-6-8-30-22(13)27)20-24-16-9-14(11-18(29-3)19(16)25(20)2)21(28)26-7-5-15(23)12-26/h7,9-12,14H,5-6,8,13H2,1-4H3;6,8-11,15H,4-5,7,12,23H2,1-3H3/t14-;15-/m11/s1. The summed E-state index contributed by atoms with van der Waals surface area (Å²) in [5.41, 5.74) is 12.7. The fourth-order valence-electron chi connectivity index (χ4n) is 9.04. The van der Waals surface area contributed by atoms with Crippen molar-refractivity contribution in [2.24, 2.45) is 25.7 Å². The molecule has 60 heavy (non-hydrogen) atoms. The summed E-state index contributed by atoms with van der Waals surface area (Å²) in [6, 6.07) is 16.2. The normalized spacial score (nSPS) is 16.8. The fraction of sp³-hybridized carbons (Fsp3) is 0.378. The molecule has 0 saturated carbocycles. The van der Waals surface area contributed by atoms with Crippen LogP contribution < -0.4 is 15.2 Å². The number of carbonyl (C=O) groups is 2. The van der Waals surface area contributed by atoms with Crippen LogP contribution in [0.4, 0.5) is 0 Å². The van der Waals surface area contributed by atoms with E-state index in [2.05, 4.69) is 74.1 Å². The zero-order valence-electron chi connectivity index (χ0n) is 35.2. The van der Waals surface area contributed by atoms with Gasteiger partial charge in [0.15, 0.2) is 11.6 Å². The van der Waals surface area contributed by atoms with Gasteiger partial charge in [0.2, 0.25) is 0 Å². The molecule has 8 aromatic rings. The van der Waals surface area contributed by atoms with Crippen LogP contribution in [0.1, 0.15) is 54.3 Å². The van der Waals surface area contributed by atoms with E-state index in [9.17, 15) is 9.59 Å². The van der Waals surface area contributed by atoms with Crippen molar-refractivity contribution in [1.29, 1.82) is 0 Å². The first-order chi connectivity index (χ1) is 29.0. The van der Waals surface area contributed by atoms with Crippen molar-refractivity contribution in [3.05, 3.63) is 70.4 Å². The maximum atomic E-state index is 13.1. The van der Waals surface area contributed by atoms with Crippen LogP contribution >= 0.6 is 22.7 Å². The summed E-state index contributed by atoms with van der Waals surface area (Å²) in [5, 5.41) is 6.68. The molecule has 2 saturated heterocycles. The number of imidazole rings is 2. The van der Waals surface area contributed by atoms with Gasteiger partial charge in [-0.05, 0) is 91.9 Å². The summed E-state index contributed by atoms with van der Waals surface area (Å²) in [4.78, 5) is 42.2. The molecule has 13 nitrogen and oxygen atoms in total. The highest BCUT2D eigenvalue weighted by Gasteiger charge is 2.29. The Balaban J connectivity index is 0.000000154. The van der Waals surface area contributed by atoms with Gasteiger partial charge < -0.3 is 43.3 Å². The van der Waals surface area contributed by atoms with Crippen LogP contribution in [0.5, 0.6) is 11.5 Å². The first-order valence-electron chi connectivity index (χ1n) is 20.6. The van der Waals surface area contributed by atoms with E-state index in [1.807, 2.05) is 48.2 Å². The Labute approximate surface area is 356 Å². The summed E-state index contributed by atoms with van der Waals surface area (Å²) in [5.74, 6) is 3.67. The van der Waals surface area contributed by atoms with Crippen molar-refractivity contribution in [3.63, 3.8) is 0 Å². The Bertz CT molecular complexity index is 2730. The van der Waals surface area contributed by atoms with Crippen LogP contribution in [0.2, 0.25) is 0 Å². The number of rotatable bonds is 8. The molecule has 0 aliphatic carbocycles. The van der Waals surface area contributed by atoms with Crippen molar-refractivity contribution in [2.75, 3.05) is 40.4 Å². The van der Waals surface area contributed by atoms with Crippen molar-refractivity contribution in [2.45, 2.75) is 52.7 Å². The highest BCUT2D eigenvalue weighted by atomic mass is 32.1. The second-order valence-corrected chi connectivity index (χ2v) is 17.7. The summed E-state index contributed by atoms with van der Waals surface area (Å²) in [6.45, 7) is 11.1. The van der Waals surface area contributed by atoms with Gasteiger partial charge in [-0.1, -0.05) is 6.92 Å². The molecule has 0 unspecified atom stereocenters. The Morgan fingerprint density at radius 2 is 1.18 bits per heavy atom. The Kier molecular flexibility index (Phi) is 10.5. The minimum absolute atomic E-state index is 0.0206. The van der Waals surface area contributed by atoms with Gasteiger partial charge in [0, 0.05) is 81.3 Å². The summed E-state index contributed by atoms with van der Waals surface area (Å²) < 4.78 is 20.1. The molecule has 2 aliphatic heterocycles. The van der Waals surface area contributed by atoms with Crippen molar-refractivity contribution in [1.82, 2.24) is 38.0 Å². The molecule has 15 heteroatoms. The number of amides is 2. The van der Waals surface area contributed by atoms with Crippen LogP contribution in [0.15, 0.2) is 59.3 Å². The number of thiophene rings is 2. The minimum Gasteiger partial charge on any atom is -0.494 e. The second kappa shape index (κ2) is 15.8. The van der Waals surface area contributed by atoms with Crippen LogP contribution in [0.25, 0.3) is 65.5 Å². The number of carbonyl (C=O) groups excluding carboxylic acids is 2. The molecule has 2 aromatic carbocycles. The van der Waals surface area contributed by atoms with E-state index in [-0.39, 0.29) is 17.9 Å². The maximum Gasteiger partial charge on any atom is 0.254 e. The number of aryl methyl sites for hydroxylation is 4. The molecule has 2 fully saturated rings. The van der Waals surface area contributed by atoms with Crippen LogP contribution in [0.3, 0.4) is 0 Å². The highest BCUT2D eigenvalue weighted by Crippen LogP contribution is 2.38. The van der Waals surface area contributed by atoms with E-state index in [4.69, 9.17) is 25.2 Å². The highest BCUT2D eigenvalue weighted by molar-refractivity contribution is 7.17. The second-order valence-electron chi connectivity index (χ2n) is 15.9. The number of hydrogen-bond donors (Lipinski definition) is 1. The van der Waals surface area contributed by atoms with Crippen LogP contribution in [0, 0.1) is 5.92 Å². The average Bonchev–Trinajstić information content (AvgIpc) is 4.11. The number of benzene rings is 2. The van der Waals surface area contributed by atoms with Gasteiger partial charge in [-0.15, -0.1) is 22.7 Å². The maximum absolute atomic E-state index is 13.1. The molecular weight excluding hydrogens is 795 g/mol. The zero-order valence-corrected chi connectivity index (χ0v) is 36.8. The summed E-state index contributed by atoms with van der Waals surface area (Å²) in [6.07, 6.45) is 1.90. The third-order valence-electron chi connectivity index (χ3n) is 12.1. The van der Waals surface area contributed by atoms with E-state index in [0.29, 0.717) is 41.6 Å². The number of methoxy groups -OCH3 is 2. The average molecular weight is 846 g/mol. The predicted molar refractivity (Wildman–Crippen MR) is 242 cm³/mol. The third-order valence-corrected chi connectivity index (χ3v) is 14.0. The molecule has 2 atom stereocenters. The first kappa shape index (κ1) is 39.8. The van der Waals surface area contributed by atoms with E-state index in [1.165, 1.54) is 20.4 Å². The van der Waals surface area contributed by atoms with Gasteiger partial charge in [0.25, 0.3) is 11.8 Å². The summed E-state index contributed by atoms with van der Waals surface area (Å²) >= 11 is 3.48. The summed E-state index contributed by atoms with van der Waals surface area (Å²) in [7, 11) is 7.29. The number of hydrogen-bond acceptors (Lipinski definition) is 9. The van der Waals surface area contributed by atoms with Crippen molar-refractivity contribution >= 4 is 77.0 Å². The van der Waals surface area contributed by atoms with Gasteiger partial charge in [-0.3, -0.25) is 9.59 Å². The molecule has 0 spiro atoms. The molecule has 2 aliphatic rings. The largest absolute Gasteiger partial charge is 0.494 e. The molecule has 2 amide bonds. The molecule has 312 valence electrons. The lowest BCUT2D eigenvalue weighted by Gasteiger charge is -2.16. The molecule has 2 N–H and O–H groups in total. The van der Waals surface area contributed by atoms with Gasteiger partial charge in [0.1, 0.15) is 32.2 Å². The van der Waals surface area contributed by atoms with E-state index in [1.54, 1.807) is 36.9 Å². The minimum atomic E-state index is -0.0206. The van der Waals surface area contributed by atoms with Gasteiger partial charge in [-0.2, -0.15) is 0 Å². The van der Waals surface area contributed by atoms with Gasteiger partial charge in [-0.25, -0.2) is 9.97 Å². The monoisotopic (exact) mass is 845 g/mol. The first-order valence-corrected chi connectivity index (χ1v) is 22.4. The lowest BCUT2D eigenvalue weighted by molar-refractivity contribution is 0.0782. The van der Waals surface area contributed by atoms with E-state index >= 15 is 0 Å². The van der Waals surface area contributed by atoms with E-state index in [0.717, 1.165) is 84.1 Å². The molecule has 10 rings (SSSR count). The van der Waals surface area contributed by atoms with Crippen molar-refractivity contribution in [3.8, 4) is 34.5 Å². The van der Waals surface area contributed by atoms with Crippen LogP contribution in [-0.4, -0.2) is 96.3 Å². The Hall–Kier alpha value is -5.64. The van der Waals surface area contributed by atoms with Gasteiger partial charge in [0.05, 0.1) is 36.6 Å². The molecule has 0 radical (unpaired) electrons. The third kappa shape index (κ3) is 6.63. The Morgan fingerprint density at radius 3 is 1.58 bits per heavy atom. The van der Waals surface area contributed by atoms with Crippen molar-refractivity contribution < 1.29 is 19.1 Å². The smallest absolute Gasteiger partial charge is 0.254 e. The SMILES string of the molecule is CCn1c(-c2nc3cc(C(=O)N4CC[C@@H](C)C4)cc(OC)c3n2C)cc2ccsc21.CCn1c(-c2nc3cc(C(=O)N4CC[C@@H](N)C4)cc(OC)c3n2C)cc2ccsc21. The Morgan fingerprint density at radius 1 is 0.717 bits per heavy atom. The zero-order chi connectivity index (χ0) is 42.0. The number of fused-ring (bicyclic) bond motifs is 4. The number of nitrogens with zero attached hydrogens (tertiary/aromatic N) is 8. The number of nitrogens with two attached hydrogens (primary N) is 1. The number of likely N-dealkylation sites (tertiary alicyclic amines) is 2. The molecule has 6 aromatic heterocycles. The quantitative estimate of drug-likeness (QED) is 0.163.